The van der Waals surface area contributed by atoms with Crippen molar-refractivity contribution in [1.29, 1.82) is 0 Å². The summed E-state index contributed by atoms with van der Waals surface area (Å²) in [7, 11) is 0. The van der Waals surface area contributed by atoms with Crippen LogP contribution >= 0.6 is 0 Å². The first-order chi connectivity index (χ1) is 11.1. The molecule has 1 N–H and O–H groups in total. The molecule has 3 heterocycles. The van der Waals surface area contributed by atoms with E-state index in [-0.39, 0.29) is 17.2 Å². The molecule has 1 atom stereocenters. The zero-order valence-electron chi connectivity index (χ0n) is 13.5. The van der Waals surface area contributed by atoms with Crippen molar-refractivity contribution in [3.63, 3.8) is 0 Å². The Kier molecular flexibility index (Phi) is 3.21. The highest BCUT2D eigenvalue weighted by atomic mass is 16.2. The Morgan fingerprint density at radius 3 is 2.74 bits per heavy atom. The van der Waals surface area contributed by atoms with Crippen molar-refractivity contribution in [2.45, 2.75) is 39.0 Å². The van der Waals surface area contributed by atoms with E-state index < -0.39 is 0 Å². The molecule has 2 fully saturated rings. The molecule has 6 nitrogen and oxygen atoms in total. The van der Waals surface area contributed by atoms with Crippen LogP contribution in [0.25, 0.3) is 0 Å². The zero-order chi connectivity index (χ0) is 16.0. The van der Waals surface area contributed by atoms with E-state index in [1.807, 2.05) is 30.9 Å². The maximum Gasteiger partial charge on any atom is 0.255 e. The van der Waals surface area contributed by atoms with Gasteiger partial charge in [-0.1, -0.05) is 6.42 Å². The molecule has 1 aliphatic heterocycles. The second kappa shape index (κ2) is 5.15. The minimum atomic E-state index is 0.0681. The lowest BCUT2D eigenvalue weighted by Gasteiger charge is -2.41. The molecule has 120 valence electrons. The van der Waals surface area contributed by atoms with Crippen molar-refractivity contribution in [3.05, 3.63) is 41.2 Å². The predicted octanol–water partition coefficient (Wildman–Crippen LogP) is 2.23. The summed E-state index contributed by atoms with van der Waals surface area (Å²) in [5.41, 5.74) is 1.76. The lowest BCUT2D eigenvalue weighted by atomic mass is 9.62. The van der Waals surface area contributed by atoms with Crippen molar-refractivity contribution in [1.82, 2.24) is 25.1 Å². The maximum absolute atomic E-state index is 12.8. The summed E-state index contributed by atoms with van der Waals surface area (Å²) in [5, 5.41) is 7.31. The van der Waals surface area contributed by atoms with Gasteiger partial charge in [0.2, 0.25) is 0 Å². The first-order valence-corrected chi connectivity index (χ1v) is 8.18. The number of amides is 1. The Morgan fingerprint density at radius 1 is 1.35 bits per heavy atom. The molecule has 4 rings (SSSR count). The average molecular weight is 311 g/mol. The van der Waals surface area contributed by atoms with E-state index in [1.54, 1.807) is 6.20 Å². The Balaban J connectivity index is 1.60. The molecule has 2 aliphatic rings. The molecule has 1 aliphatic carbocycles. The molecule has 1 spiro atoms. The normalized spacial score (nSPS) is 22.3. The number of hydrogen-bond donors (Lipinski definition) is 1. The largest absolute Gasteiger partial charge is 0.337 e. The van der Waals surface area contributed by atoms with Crippen molar-refractivity contribution >= 4 is 5.91 Å². The van der Waals surface area contributed by atoms with Crippen LogP contribution in [0.4, 0.5) is 0 Å². The number of carbonyl (C=O) groups excluding carboxylic acids is 1. The van der Waals surface area contributed by atoms with Gasteiger partial charge < -0.3 is 4.90 Å². The SMILES string of the molecule is Cc1ccc(C(=O)N2CC(c3n[nH]c(C)n3)C3(CCC3)C2)cn1. The van der Waals surface area contributed by atoms with Crippen LogP contribution in [0, 0.1) is 19.3 Å². The topological polar surface area (TPSA) is 74.8 Å². The van der Waals surface area contributed by atoms with Gasteiger partial charge in [0.25, 0.3) is 5.91 Å². The third kappa shape index (κ3) is 2.33. The number of aromatic nitrogens is 4. The van der Waals surface area contributed by atoms with Crippen LogP contribution in [0.3, 0.4) is 0 Å². The highest BCUT2D eigenvalue weighted by Gasteiger charge is 2.53. The highest BCUT2D eigenvalue weighted by Crippen LogP contribution is 2.55. The van der Waals surface area contributed by atoms with Gasteiger partial charge in [0.05, 0.1) is 5.56 Å². The molecule has 0 aromatic carbocycles. The standard InChI is InChI=1S/C17H21N5O/c1-11-4-5-13(8-18-11)16(23)22-9-14(15-19-12(2)20-21-15)17(10-22)6-3-7-17/h4-5,8,14H,3,6-7,9-10H2,1-2H3,(H,19,20,21). The number of hydrogen-bond acceptors (Lipinski definition) is 4. The van der Waals surface area contributed by atoms with Crippen molar-refractivity contribution in [3.8, 4) is 0 Å². The van der Waals surface area contributed by atoms with Gasteiger partial charge in [0.15, 0.2) is 5.82 Å². The number of rotatable bonds is 2. The van der Waals surface area contributed by atoms with Gasteiger partial charge in [-0.25, -0.2) is 4.98 Å². The van der Waals surface area contributed by atoms with E-state index in [0.29, 0.717) is 12.1 Å². The molecule has 2 aromatic rings. The van der Waals surface area contributed by atoms with Crippen LogP contribution in [0.1, 0.15) is 52.9 Å². The first-order valence-electron chi connectivity index (χ1n) is 8.18. The van der Waals surface area contributed by atoms with Gasteiger partial charge in [-0.15, -0.1) is 0 Å². The van der Waals surface area contributed by atoms with Gasteiger partial charge in [0, 0.05) is 30.9 Å². The number of nitrogens with zero attached hydrogens (tertiary/aromatic N) is 4. The third-order valence-corrected chi connectivity index (χ3v) is 5.37. The molecule has 1 amide bonds. The third-order valence-electron chi connectivity index (χ3n) is 5.37. The summed E-state index contributed by atoms with van der Waals surface area (Å²) in [6, 6.07) is 3.75. The molecule has 1 saturated carbocycles. The maximum atomic E-state index is 12.8. The molecular formula is C17H21N5O. The summed E-state index contributed by atoms with van der Waals surface area (Å²) >= 11 is 0. The number of pyridine rings is 1. The Hall–Kier alpha value is -2.24. The van der Waals surface area contributed by atoms with Crippen LogP contribution in [-0.2, 0) is 0 Å². The van der Waals surface area contributed by atoms with E-state index in [2.05, 4.69) is 20.2 Å². The van der Waals surface area contributed by atoms with E-state index >= 15 is 0 Å². The van der Waals surface area contributed by atoms with Crippen molar-refractivity contribution < 1.29 is 4.79 Å². The minimum absolute atomic E-state index is 0.0681. The second-order valence-corrected chi connectivity index (χ2v) is 6.92. The summed E-state index contributed by atoms with van der Waals surface area (Å²) in [4.78, 5) is 23.5. The van der Waals surface area contributed by atoms with Gasteiger partial charge in [-0.2, -0.15) is 5.10 Å². The number of aromatic amines is 1. The fourth-order valence-electron chi connectivity index (χ4n) is 3.91. The number of aryl methyl sites for hydroxylation is 2. The molecule has 0 radical (unpaired) electrons. The van der Waals surface area contributed by atoms with Gasteiger partial charge in [-0.05, 0) is 44.2 Å². The van der Waals surface area contributed by atoms with Gasteiger partial charge in [-0.3, -0.25) is 14.9 Å². The van der Waals surface area contributed by atoms with Crippen molar-refractivity contribution in [2.24, 2.45) is 5.41 Å². The lowest BCUT2D eigenvalue weighted by Crippen LogP contribution is -2.38. The fraction of sp³-hybridized carbons (Fsp3) is 0.529. The summed E-state index contributed by atoms with van der Waals surface area (Å²) in [6.07, 6.45) is 5.21. The monoisotopic (exact) mass is 311 g/mol. The fourth-order valence-corrected chi connectivity index (χ4v) is 3.91. The van der Waals surface area contributed by atoms with E-state index in [4.69, 9.17) is 0 Å². The number of likely N-dealkylation sites (tertiary alicyclic amines) is 1. The summed E-state index contributed by atoms with van der Waals surface area (Å²) in [5.74, 6) is 2.00. The molecule has 23 heavy (non-hydrogen) atoms. The average Bonchev–Trinajstić information content (AvgIpc) is 3.10. The van der Waals surface area contributed by atoms with Crippen LogP contribution in [0.5, 0.6) is 0 Å². The lowest BCUT2D eigenvalue weighted by molar-refractivity contribution is 0.0723. The highest BCUT2D eigenvalue weighted by molar-refractivity contribution is 5.94. The van der Waals surface area contributed by atoms with Crippen LogP contribution < -0.4 is 0 Å². The molecule has 2 aromatic heterocycles. The molecule has 1 saturated heterocycles. The number of H-pyrrole nitrogens is 1. The summed E-state index contributed by atoms with van der Waals surface area (Å²) in [6.45, 7) is 5.34. The molecule has 0 bridgehead atoms. The zero-order valence-corrected chi connectivity index (χ0v) is 13.5. The molecule has 6 heteroatoms. The van der Waals surface area contributed by atoms with E-state index in [9.17, 15) is 4.79 Å². The smallest absolute Gasteiger partial charge is 0.255 e. The van der Waals surface area contributed by atoms with Crippen LogP contribution in [-0.4, -0.2) is 44.1 Å². The van der Waals surface area contributed by atoms with Crippen LogP contribution in [0.15, 0.2) is 18.3 Å². The molecule has 1 unspecified atom stereocenters. The minimum Gasteiger partial charge on any atom is -0.337 e. The van der Waals surface area contributed by atoms with E-state index in [0.717, 1.165) is 36.7 Å². The Labute approximate surface area is 135 Å². The Morgan fingerprint density at radius 2 is 2.17 bits per heavy atom. The van der Waals surface area contributed by atoms with E-state index in [1.165, 1.54) is 6.42 Å². The van der Waals surface area contributed by atoms with Crippen LogP contribution in [0.2, 0.25) is 0 Å². The van der Waals surface area contributed by atoms with Gasteiger partial charge in [0.1, 0.15) is 5.82 Å². The number of carbonyl (C=O) groups is 1. The second-order valence-electron chi connectivity index (χ2n) is 6.92. The number of nitrogens with one attached hydrogen (secondary N) is 1. The predicted molar refractivity (Wildman–Crippen MR) is 85.0 cm³/mol. The quantitative estimate of drug-likeness (QED) is 0.923. The molecular weight excluding hydrogens is 290 g/mol. The summed E-state index contributed by atoms with van der Waals surface area (Å²) < 4.78 is 0. The van der Waals surface area contributed by atoms with Crippen molar-refractivity contribution in [2.75, 3.05) is 13.1 Å². The van der Waals surface area contributed by atoms with Gasteiger partial charge >= 0.3 is 0 Å². The Bertz CT molecular complexity index is 732. The first kappa shape index (κ1) is 14.4.